The van der Waals surface area contributed by atoms with Crippen LogP contribution in [0.5, 0.6) is 0 Å². The van der Waals surface area contributed by atoms with E-state index in [-0.39, 0.29) is 56.7 Å². The van der Waals surface area contributed by atoms with Gasteiger partial charge in [0.15, 0.2) is 0 Å². The van der Waals surface area contributed by atoms with E-state index in [1.54, 1.807) is 0 Å². The number of allylic oxidation sites excluding steroid dienone is 4. The van der Waals surface area contributed by atoms with E-state index in [0.29, 0.717) is 0 Å². The molecule has 0 bridgehead atoms. The van der Waals surface area contributed by atoms with Gasteiger partial charge in [0.05, 0.1) is 0 Å². The molecule has 0 aliphatic heterocycles. The normalized spacial score (nSPS) is 11.3. The fourth-order valence-electron chi connectivity index (χ4n) is 0.340. The van der Waals surface area contributed by atoms with Crippen molar-refractivity contribution in [1.29, 1.82) is 0 Å². The first-order valence-electron chi connectivity index (χ1n) is 4.85. The third-order valence-electron chi connectivity index (χ3n) is 1.20. The molecule has 1 N–H and O–H groups in total. The van der Waals surface area contributed by atoms with Gasteiger partial charge in [-0.1, -0.05) is 33.4 Å². The van der Waals surface area contributed by atoms with Crippen LogP contribution in [0.4, 0.5) is 0 Å². The Morgan fingerprint density at radius 1 is 1.38 bits per heavy atom. The van der Waals surface area contributed by atoms with Crippen LogP contribution in [0.2, 0.25) is 13.1 Å². The number of hydrogen-bond donors (Lipinski definition) is 0. The molecule has 1 radical (unpaired) electrons. The van der Waals surface area contributed by atoms with Crippen molar-refractivity contribution in [3.05, 3.63) is 30.0 Å². The molecular weight excluding hydrogens is 424 g/mol. The summed E-state index contributed by atoms with van der Waals surface area (Å²) >= 11 is 0. The summed E-state index contributed by atoms with van der Waals surface area (Å²) in [7, 11) is 0.750. The average molecular weight is 446 g/mol. The van der Waals surface area contributed by atoms with Gasteiger partial charge in [-0.05, 0) is 0 Å². The first-order valence-corrected chi connectivity index (χ1v) is 7.16. The van der Waals surface area contributed by atoms with Crippen LogP contribution in [0, 0.1) is 6.08 Å². The first-order chi connectivity index (χ1) is 6.18. The predicted molar refractivity (Wildman–Crippen MR) is 64.5 cm³/mol. The van der Waals surface area contributed by atoms with E-state index < -0.39 is 0 Å². The molecule has 1 aliphatic rings. The third-order valence-corrected chi connectivity index (χ3v) is 1.20. The standard InChI is InChI=1S/C5H5.C4H10N.C2H7Si.2ClH.Hf/c1-2-4-5-3-1;1-3-4(2)5;1-3-2;;;/h1-3H,4H2;4-5H,3H2,1-2H3;3H,1-2H3;2*1H;/q2*-1;;;;+4/p-2. The van der Waals surface area contributed by atoms with Crippen LogP contribution in [-0.4, -0.2) is 15.6 Å². The number of rotatable bonds is 1. The Labute approximate surface area is 135 Å². The molecule has 93 valence electrons. The van der Waals surface area contributed by atoms with Gasteiger partial charge in [-0.2, -0.15) is 6.08 Å². The van der Waals surface area contributed by atoms with Crippen molar-refractivity contribution < 1.29 is 50.7 Å². The Hall–Kier alpha value is 1.11. The zero-order chi connectivity index (χ0) is 10.5. The minimum atomic E-state index is 0. The van der Waals surface area contributed by atoms with Gasteiger partial charge >= 0.3 is 25.8 Å². The van der Waals surface area contributed by atoms with Crippen LogP contribution >= 0.6 is 0 Å². The molecule has 1 atom stereocenters. The van der Waals surface area contributed by atoms with Gasteiger partial charge < -0.3 is 30.5 Å². The minimum absolute atomic E-state index is 0. The van der Waals surface area contributed by atoms with Crippen molar-refractivity contribution >= 4 is 9.52 Å². The molecule has 0 saturated carbocycles. The molecule has 0 aromatic carbocycles. The van der Waals surface area contributed by atoms with Gasteiger partial charge in [-0.25, -0.2) is 12.2 Å². The van der Waals surface area contributed by atoms with Crippen molar-refractivity contribution in [3.63, 3.8) is 0 Å². The Kier molecular flexibility index (Phi) is 56.4. The molecule has 0 aromatic rings. The molecule has 0 fully saturated rings. The van der Waals surface area contributed by atoms with E-state index in [1.807, 2.05) is 26.0 Å². The van der Waals surface area contributed by atoms with E-state index in [4.69, 9.17) is 5.73 Å². The fraction of sp³-hybridized carbons (Fsp3) is 0.636. The summed E-state index contributed by atoms with van der Waals surface area (Å²) in [5.41, 5.74) is 6.83. The van der Waals surface area contributed by atoms with Crippen LogP contribution < -0.4 is 24.8 Å². The molecule has 1 nitrogen and oxygen atoms in total. The quantitative estimate of drug-likeness (QED) is 0.319. The Morgan fingerprint density at radius 3 is 1.81 bits per heavy atom. The molecule has 16 heavy (non-hydrogen) atoms. The maximum absolute atomic E-state index is 6.83. The number of nitrogens with one attached hydrogen (secondary N) is 1. The summed E-state index contributed by atoms with van der Waals surface area (Å²) in [6, 6.07) is 0.134. The molecule has 1 unspecified atom stereocenters. The van der Waals surface area contributed by atoms with Crippen LogP contribution in [-0.2, 0) is 25.8 Å². The fourth-order valence-corrected chi connectivity index (χ4v) is 0.340. The van der Waals surface area contributed by atoms with Crippen LogP contribution in [0.1, 0.15) is 26.7 Å². The smallest absolute Gasteiger partial charge is 1.00 e. The van der Waals surface area contributed by atoms with Crippen LogP contribution in [0.3, 0.4) is 0 Å². The first kappa shape index (κ1) is 30.3. The number of halogens is 2. The summed E-state index contributed by atoms with van der Waals surface area (Å²) in [5, 5.41) is 0. The zero-order valence-electron chi connectivity index (χ0n) is 10.6. The Bertz CT molecular complexity index is 132. The van der Waals surface area contributed by atoms with E-state index in [2.05, 4.69) is 25.2 Å². The van der Waals surface area contributed by atoms with E-state index in [1.165, 1.54) is 0 Å². The molecule has 0 aromatic heterocycles. The van der Waals surface area contributed by atoms with E-state index in [9.17, 15) is 0 Å². The third kappa shape index (κ3) is 45.7. The summed E-state index contributed by atoms with van der Waals surface area (Å²) in [4.78, 5) is 0. The van der Waals surface area contributed by atoms with Gasteiger partial charge in [0.1, 0.15) is 0 Å². The molecule has 0 saturated heterocycles. The number of hydrogen-bond acceptors (Lipinski definition) is 0. The van der Waals surface area contributed by atoms with E-state index >= 15 is 0 Å². The summed E-state index contributed by atoms with van der Waals surface area (Å²) in [6.07, 6.45) is 11.0. The molecule has 0 spiro atoms. The molecule has 5 heteroatoms. The van der Waals surface area contributed by atoms with Crippen molar-refractivity contribution in [1.82, 2.24) is 0 Å². The second-order valence-electron chi connectivity index (χ2n) is 2.89. The van der Waals surface area contributed by atoms with Gasteiger partial charge in [-0.3, -0.25) is 6.08 Å². The molecular formula is C11H22Cl2HfNSi. The molecule has 0 heterocycles. The maximum atomic E-state index is 6.83. The second kappa shape index (κ2) is 29.8. The maximum Gasteiger partial charge on any atom is 4.00 e. The Balaban J connectivity index is -0.0000000356. The van der Waals surface area contributed by atoms with Crippen molar-refractivity contribution in [2.75, 3.05) is 0 Å². The summed E-state index contributed by atoms with van der Waals surface area (Å²) in [5.74, 6) is 0. The van der Waals surface area contributed by atoms with E-state index in [0.717, 1.165) is 22.4 Å². The predicted octanol–water partition coefficient (Wildman–Crippen LogP) is -2.33. The minimum Gasteiger partial charge on any atom is -1.00 e. The average Bonchev–Trinajstić information content (AvgIpc) is 2.62. The SMILES string of the molecule is CCC(C)[NH-].C[SiH]C.[C-]1=CC=CC1.[Cl-].[Cl-].[Hf+4]. The molecule has 0 amide bonds. The van der Waals surface area contributed by atoms with Crippen LogP contribution in [0.15, 0.2) is 18.2 Å². The Morgan fingerprint density at radius 2 is 1.75 bits per heavy atom. The topological polar surface area (TPSA) is 23.8 Å². The largest absolute Gasteiger partial charge is 4.00 e. The van der Waals surface area contributed by atoms with Gasteiger partial charge in [0, 0.05) is 9.52 Å². The van der Waals surface area contributed by atoms with Gasteiger partial charge in [0.25, 0.3) is 0 Å². The second-order valence-corrected chi connectivity index (χ2v) is 4.04. The van der Waals surface area contributed by atoms with Crippen molar-refractivity contribution in [2.24, 2.45) is 0 Å². The summed E-state index contributed by atoms with van der Waals surface area (Å²) < 4.78 is 0. The van der Waals surface area contributed by atoms with Gasteiger partial charge in [-0.15, -0.1) is 12.5 Å². The van der Waals surface area contributed by atoms with Gasteiger partial charge in [0.2, 0.25) is 0 Å². The molecule has 1 aliphatic carbocycles. The summed E-state index contributed by atoms with van der Waals surface area (Å²) in [6.45, 7) is 8.32. The van der Waals surface area contributed by atoms with Crippen LogP contribution in [0.25, 0.3) is 5.73 Å². The zero-order valence-corrected chi connectivity index (χ0v) is 16.8. The molecule has 1 rings (SSSR count). The monoisotopic (exact) mass is 446 g/mol. The van der Waals surface area contributed by atoms with Crippen molar-refractivity contribution in [2.45, 2.75) is 45.8 Å². The van der Waals surface area contributed by atoms with Crippen molar-refractivity contribution in [3.8, 4) is 0 Å².